The lowest BCUT2D eigenvalue weighted by atomic mass is 10.2. The van der Waals surface area contributed by atoms with Crippen LogP contribution in [-0.4, -0.2) is 65.4 Å². The number of carbonyl (C=O) groups excluding carboxylic acids is 1. The van der Waals surface area contributed by atoms with Crippen molar-refractivity contribution < 1.29 is 24.2 Å². The minimum absolute atomic E-state index is 0.299. The van der Waals surface area contributed by atoms with Crippen LogP contribution >= 0.6 is 0 Å². The van der Waals surface area contributed by atoms with Crippen LogP contribution in [0.1, 0.15) is 20.8 Å². The predicted octanol–water partition coefficient (Wildman–Crippen LogP) is 1.60. The number of anilines is 1. The molecule has 0 unspecified atom stereocenters. The van der Waals surface area contributed by atoms with E-state index in [0.29, 0.717) is 31.9 Å². The molecule has 1 aliphatic heterocycles. The predicted molar refractivity (Wildman–Crippen MR) is 87.4 cm³/mol. The molecule has 1 aliphatic rings. The fourth-order valence-electron chi connectivity index (χ4n) is 2.23. The fraction of sp³-hybridized carbons (Fsp3) is 0.562. The molecule has 2 rings (SSSR count). The monoisotopic (exact) mass is 337 g/mol. The van der Waals surface area contributed by atoms with Crippen LogP contribution in [-0.2, 0) is 9.53 Å². The molecule has 1 amide bonds. The second-order valence-electron chi connectivity index (χ2n) is 6.49. The van der Waals surface area contributed by atoms with Crippen LogP contribution in [0.5, 0.6) is 5.75 Å². The van der Waals surface area contributed by atoms with E-state index in [1.54, 1.807) is 17.0 Å². The minimum Gasteiger partial charge on any atom is -0.480 e. The Kier molecular flexibility index (Phi) is 5.48. The molecule has 0 saturated carbocycles. The van der Waals surface area contributed by atoms with Gasteiger partial charge in [-0.3, -0.25) is 0 Å². The van der Waals surface area contributed by atoms with Crippen molar-refractivity contribution in [3.05, 3.63) is 18.3 Å². The first kappa shape index (κ1) is 17.8. The van der Waals surface area contributed by atoms with Gasteiger partial charge in [0.1, 0.15) is 17.2 Å². The number of amides is 1. The molecule has 1 saturated heterocycles. The number of rotatable bonds is 4. The first-order chi connectivity index (χ1) is 11.2. The number of carboxylic acids is 1. The molecule has 0 spiro atoms. The Labute approximate surface area is 141 Å². The molecule has 24 heavy (non-hydrogen) atoms. The normalized spacial score (nSPS) is 15.1. The van der Waals surface area contributed by atoms with Gasteiger partial charge < -0.3 is 24.4 Å². The van der Waals surface area contributed by atoms with Crippen LogP contribution in [0.2, 0.25) is 0 Å². The summed E-state index contributed by atoms with van der Waals surface area (Å²) in [6.07, 6.45) is 1.20. The SMILES string of the molecule is CC(C)(C)OC(=O)N1CCN(c2ccc(OCC(=O)O)cn2)CC1. The zero-order valence-electron chi connectivity index (χ0n) is 14.2. The zero-order valence-corrected chi connectivity index (χ0v) is 14.2. The largest absolute Gasteiger partial charge is 0.480 e. The Morgan fingerprint density at radius 2 is 1.88 bits per heavy atom. The number of hydrogen-bond donors (Lipinski definition) is 1. The molecule has 0 aromatic carbocycles. The molecular weight excluding hydrogens is 314 g/mol. The number of nitrogens with zero attached hydrogens (tertiary/aromatic N) is 3. The zero-order chi connectivity index (χ0) is 17.7. The number of ether oxygens (including phenoxy) is 2. The first-order valence-electron chi connectivity index (χ1n) is 7.78. The smallest absolute Gasteiger partial charge is 0.410 e. The average molecular weight is 337 g/mol. The topological polar surface area (TPSA) is 92.2 Å². The van der Waals surface area contributed by atoms with Gasteiger partial charge in [-0.25, -0.2) is 14.6 Å². The van der Waals surface area contributed by atoms with Crippen molar-refractivity contribution in [3.8, 4) is 5.75 Å². The molecule has 0 atom stereocenters. The van der Waals surface area contributed by atoms with Gasteiger partial charge in [-0.2, -0.15) is 0 Å². The van der Waals surface area contributed by atoms with Gasteiger partial charge in [-0.05, 0) is 32.9 Å². The van der Waals surface area contributed by atoms with Gasteiger partial charge >= 0.3 is 12.1 Å². The standard InChI is InChI=1S/C16H23N3O5/c1-16(2,3)24-15(22)19-8-6-18(7-9-19)13-5-4-12(10-17-13)23-11-14(20)21/h4-5,10H,6-9,11H2,1-3H3,(H,20,21). The van der Waals surface area contributed by atoms with Gasteiger partial charge in [-0.1, -0.05) is 0 Å². The number of piperazine rings is 1. The van der Waals surface area contributed by atoms with Gasteiger partial charge in [0.25, 0.3) is 0 Å². The summed E-state index contributed by atoms with van der Waals surface area (Å²) in [5.41, 5.74) is -0.498. The van der Waals surface area contributed by atoms with Crippen LogP contribution in [0.4, 0.5) is 10.6 Å². The molecule has 0 radical (unpaired) electrons. The van der Waals surface area contributed by atoms with E-state index >= 15 is 0 Å². The maximum Gasteiger partial charge on any atom is 0.410 e. The van der Waals surface area contributed by atoms with Crippen LogP contribution in [0.3, 0.4) is 0 Å². The molecule has 8 heteroatoms. The van der Waals surface area contributed by atoms with Crippen molar-refractivity contribution >= 4 is 17.9 Å². The third-order valence-electron chi connectivity index (χ3n) is 3.34. The molecule has 1 N–H and O–H groups in total. The van der Waals surface area contributed by atoms with Gasteiger partial charge in [0.15, 0.2) is 6.61 Å². The third-order valence-corrected chi connectivity index (χ3v) is 3.34. The van der Waals surface area contributed by atoms with Crippen LogP contribution in [0, 0.1) is 0 Å². The Bertz CT molecular complexity index is 574. The van der Waals surface area contributed by atoms with E-state index in [1.807, 2.05) is 20.8 Å². The molecular formula is C16H23N3O5. The van der Waals surface area contributed by atoms with Crippen LogP contribution in [0.25, 0.3) is 0 Å². The Morgan fingerprint density at radius 3 is 2.38 bits per heavy atom. The number of pyridine rings is 1. The Morgan fingerprint density at radius 1 is 1.21 bits per heavy atom. The second kappa shape index (κ2) is 7.37. The quantitative estimate of drug-likeness (QED) is 0.892. The molecule has 1 aromatic rings. The van der Waals surface area contributed by atoms with Crippen molar-refractivity contribution in [1.82, 2.24) is 9.88 Å². The molecule has 8 nitrogen and oxygen atoms in total. The van der Waals surface area contributed by atoms with Crippen molar-refractivity contribution in [1.29, 1.82) is 0 Å². The summed E-state index contributed by atoms with van der Waals surface area (Å²) in [4.78, 5) is 30.5. The first-order valence-corrected chi connectivity index (χ1v) is 7.78. The number of carbonyl (C=O) groups is 2. The molecule has 0 bridgehead atoms. The summed E-state index contributed by atoms with van der Waals surface area (Å²) in [7, 11) is 0. The average Bonchev–Trinajstić information content (AvgIpc) is 2.52. The number of carboxylic acid groups (broad SMARTS) is 1. The summed E-state index contributed by atoms with van der Waals surface area (Å²) < 4.78 is 10.4. The summed E-state index contributed by atoms with van der Waals surface area (Å²) in [5.74, 6) is 0.146. The van der Waals surface area contributed by atoms with E-state index in [4.69, 9.17) is 14.6 Å². The van der Waals surface area contributed by atoms with E-state index in [1.165, 1.54) is 6.20 Å². The van der Waals surface area contributed by atoms with Crippen molar-refractivity contribution in [2.45, 2.75) is 26.4 Å². The van der Waals surface area contributed by atoms with Crippen molar-refractivity contribution in [3.63, 3.8) is 0 Å². The molecule has 1 aromatic heterocycles. The Hall–Kier alpha value is -2.51. The number of aromatic nitrogens is 1. The highest BCUT2D eigenvalue weighted by Gasteiger charge is 2.26. The van der Waals surface area contributed by atoms with Crippen LogP contribution < -0.4 is 9.64 Å². The van der Waals surface area contributed by atoms with Gasteiger partial charge in [0, 0.05) is 26.2 Å². The van der Waals surface area contributed by atoms with Gasteiger partial charge in [0.2, 0.25) is 0 Å². The van der Waals surface area contributed by atoms with E-state index in [9.17, 15) is 9.59 Å². The highest BCUT2D eigenvalue weighted by atomic mass is 16.6. The summed E-state index contributed by atoms with van der Waals surface area (Å²) in [6, 6.07) is 3.46. The number of hydrogen-bond acceptors (Lipinski definition) is 6. The molecule has 1 fully saturated rings. The van der Waals surface area contributed by atoms with Crippen molar-refractivity contribution in [2.75, 3.05) is 37.7 Å². The molecule has 2 heterocycles. The maximum absolute atomic E-state index is 12.0. The maximum atomic E-state index is 12.0. The summed E-state index contributed by atoms with van der Waals surface area (Å²) in [5, 5.41) is 8.58. The molecule has 0 aliphatic carbocycles. The molecule has 132 valence electrons. The lowest BCUT2D eigenvalue weighted by Crippen LogP contribution is -2.50. The van der Waals surface area contributed by atoms with Gasteiger partial charge in [-0.15, -0.1) is 0 Å². The fourth-order valence-corrected chi connectivity index (χ4v) is 2.23. The number of aliphatic carboxylic acids is 1. The van der Waals surface area contributed by atoms with E-state index in [2.05, 4.69) is 9.88 Å². The van der Waals surface area contributed by atoms with E-state index in [-0.39, 0.29) is 6.09 Å². The van der Waals surface area contributed by atoms with E-state index in [0.717, 1.165) is 5.82 Å². The highest BCUT2D eigenvalue weighted by molar-refractivity contribution is 5.69. The van der Waals surface area contributed by atoms with E-state index < -0.39 is 18.2 Å². The van der Waals surface area contributed by atoms with Crippen LogP contribution in [0.15, 0.2) is 18.3 Å². The lowest BCUT2D eigenvalue weighted by Gasteiger charge is -2.36. The highest BCUT2D eigenvalue weighted by Crippen LogP contribution is 2.18. The van der Waals surface area contributed by atoms with Crippen molar-refractivity contribution in [2.24, 2.45) is 0 Å². The van der Waals surface area contributed by atoms with Gasteiger partial charge in [0.05, 0.1) is 6.20 Å². The summed E-state index contributed by atoms with van der Waals surface area (Å²) >= 11 is 0. The lowest BCUT2D eigenvalue weighted by molar-refractivity contribution is -0.139. The minimum atomic E-state index is -1.03. The Balaban J connectivity index is 1.85. The second-order valence-corrected chi connectivity index (χ2v) is 6.49. The summed E-state index contributed by atoms with van der Waals surface area (Å²) in [6.45, 7) is 7.58. The third kappa shape index (κ3) is 5.29.